The Morgan fingerprint density at radius 1 is 1.31 bits per heavy atom. The van der Waals surface area contributed by atoms with E-state index in [0.717, 1.165) is 18.5 Å². The average molecular weight is 225 g/mol. The quantitative estimate of drug-likeness (QED) is 0.793. The minimum absolute atomic E-state index is 0.0282. The van der Waals surface area contributed by atoms with Gasteiger partial charge in [-0.1, -0.05) is 12.1 Å². The summed E-state index contributed by atoms with van der Waals surface area (Å²) in [5, 5.41) is 12.7. The summed E-state index contributed by atoms with van der Waals surface area (Å²) < 4.78 is 17.8. The SMILES string of the molecule is O[C@@H]1COC[C@H]1NCCc1ccc(F)cc1. The standard InChI is InChI=1S/C12H16FNO2/c13-10-3-1-9(2-4-10)5-6-14-11-7-16-8-12(11)15/h1-4,11-12,14-15H,5-8H2/t11-,12-/m1/s1. The van der Waals surface area contributed by atoms with Gasteiger partial charge in [-0.25, -0.2) is 4.39 Å². The second kappa shape index (κ2) is 5.39. The van der Waals surface area contributed by atoms with Crippen LogP contribution in [0.25, 0.3) is 0 Å². The number of aliphatic hydroxyl groups excluding tert-OH is 1. The fraction of sp³-hybridized carbons (Fsp3) is 0.500. The van der Waals surface area contributed by atoms with Gasteiger partial charge in [-0.05, 0) is 30.7 Å². The van der Waals surface area contributed by atoms with Crippen molar-refractivity contribution in [3.8, 4) is 0 Å². The van der Waals surface area contributed by atoms with Gasteiger partial charge in [0.25, 0.3) is 0 Å². The van der Waals surface area contributed by atoms with Crippen molar-refractivity contribution in [1.29, 1.82) is 0 Å². The zero-order valence-electron chi connectivity index (χ0n) is 9.03. The van der Waals surface area contributed by atoms with Gasteiger partial charge in [-0.3, -0.25) is 0 Å². The van der Waals surface area contributed by atoms with Gasteiger partial charge in [0.2, 0.25) is 0 Å². The van der Waals surface area contributed by atoms with Crippen LogP contribution in [0.15, 0.2) is 24.3 Å². The highest BCUT2D eigenvalue weighted by Gasteiger charge is 2.24. The first-order valence-electron chi connectivity index (χ1n) is 5.49. The fourth-order valence-corrected chi connectivity index (χ4v) is 1.79. The van der Waals surface area contributed by atoms with Crippen molar-refractivity contribution < 1.29 is 14.2 Å². The maximum Gasteiger partial charge on any atom is 0.123 e. The molecule has 0 aromatic heterocycles. The van der Waals surface area contributed by atoms with Crippen molar-refractivity contribution in [2.75, 3.05) is 19.8 Å². The molecule has 2 N–H and O–H groups in total. The van der Waals surface area contributed by atoms with E-state index in [1.807, 2.05) is 0 Å². The molecular weight excluding hydrogens is 209 g/mol. The normalized spacial score (nSPS) is 24.9. The summed E-state index contributed by atoms with van der Waals surface area (Å²) in [5.74, 6) is -0.212. The van der Waals surface area contributed by atoms with Gasteiger partial charge in [0.1, 0.15) is 5.82 Å². The van der Waals surface area contributed by atoms with Crippen LogP contribution < -0.4 is 5.32 Å². The van der Waals surface area contributed by atoms with E-state index in [9.17, 15) is 9.50 Å². The van der Waals surface area contributed by atoms with Gasteiger partial charge in [0, 0.05) is 0 Å². The van der Waals surface area contributed by atoms with Crippen LogP contribution in [0.1, 0.15) is 5.56 Å². The molecule has 1 aromatic carbocycles. The van der Waals surface area contributed by atoms with Crippen LogP contribution in [0, 0.1) is 5.82 Å². The first kappa shape index (κ1) is 11.5. The second-order valence-corrected chi connectivity index (χ2v) is 4.04. The number of hydrogen-bond donors (Lipinski definition) is 2. The van der Waals surface area contributed by atoms with Gasteiger partial charge < -0.3 is 15.2 Å². The molecule has 1 aliphatic rings. The number of halogens is 1. The monoisotopic (exact) mass is 225 g/mol. The smallest absolute Gasteiger partial charge is 0.123 e. The summed E-state index contributed by atoms with van der Waals surface area (Å²) >= 11 is 0. The Hall–Kier alpha value is -0.970. The molecule has 1 saturated heterocycles. The predicted octanol–water partition coefficient (Wildman–Crippen LogP) is 0.717. The highest BCUT2D eigenvalue weighted by atomic mass is 19.1. The molecule has 0 amide bonds. The summed E-state index contributed by atoms with van der Waals surface area (Å²) in [6.07, 6.45) is 0.414. The zero-order valence-corrected chi connectivity index (χ0v) is 9.03. The van der Waals surface area contributed by atoms with Crippen molar-refractivity contribution in [2.24, 2.45) is 0 Å². The zero-order chi connectivity index (χ0) is 11.4. The summed E-state index contributed by atoms with van der Waals surface area (Å²) in [6, 6.07) is 6.50. The van der Waals surface area contributed by atoms with Crippen LogP contribution in [-0.4, -0.2) is 37.0 Å². The lowest BCUT2D eigenvalue weighted by atomic mass is 10.1. The predicted molar refractivity (Wildman–Crippen MR) is 58.7 cm³/mol. The van der Waals surface area contributed by atoms with Crippen LogP contribution in [0.5, 0.6) is 0 Å². The summed E-state index contributed by atoms with van der Waals surface area (Å²) in [5.41, 5.74) is 1.09. The molecule has 88 valence electrons. The molecule has 2 atom stereocenters. The highest BCUT2D eigenvalue weighted by Crippen LogP contribution is 2.06. The number of hydrogen-bond acceptors (Lipinski definition) is 3. The minimum Gasteiger partial charge on any atom is -0.389 e. The van der Waals surface area contributed by atoms with E-state index in [1.54, 1.807) is 12.1 Å². The van der Waals surface area contributed by atoms with Crippen LogP contribution >= 0.6 is 0 Å². The third-order valence-corrected chi connectivity index (χ3v) is 2.78. The lowest BCUT2D eigenvalue weighted by molar-refractivity contribution is 0.122. The van der Waals surface area contributed by atoms with Crippen molar-refractivity contribution in [1.82, 2.24) is 5.32 Å². The van der Waals surface area contributed by atoms with Crippen molar-refractivity contribution in [3.05, 3.63) is 35.6 Å². The Morgan fingerprint density at radius 2 is 2.06 bits per heavy atom. The molecular formula is C12H16FNO2. The largest absolute Gasteiger partial charge is 0.389 e. The Balaban J connectivity index is 1.73. The highest BCUT2D eigenvalue weighted by molar-refractivity contribution is 5.16. The topological polar surface area (TPSA) is 41.5 Å². The molecule has 0 aliphatic carbocycles. The molecule has 1 heterocycles. The molecule has 0 bridgehead atoms. The second-order valence-electron chi connectivity index (χ2n) is 4.04. The first-order valence-corrected chi connectivity index (χ1v) is 5.49. The van der Waals surface area contributed by atoms with Gasteiger partial charge in [0.15, 0.2) is 0 Å². The van der Waals surface area contributed by atoms with Crippen LogP contribution in [0.2, 0.25) is 0 Å². The summed E-state index contributed by atoms with van der Waals surface area (Å²) in [6.45, 7) is 1.73. The first-order chi connectivity index (χ1) is 7.75. The molecule has 16 heavy (non-hydrogen) atoms. The molecule has 0 spiro atoms. The van der Waals surface area contributed by atoms with E-state index in [-0.39, 0.29) is 11.9 Å². The Kier molecular flexibility index (Phi) is 3.88. The van der Waals surface area contributed by atoms with E-state index in [1.165, 1.54) is 12.1 Å². The maximum atomic E-state index is 12.6. The van der Waals surface area contributed by atoms with Crippen LogP contribution in [-0.2, 0) is 11.2 Å². The van der Waals surface area contributed by atoms with Gasteiger partial charge >= 0.3 is 0 Å². The summed E-state index contributed by atoms with van der Waals surface area (Å²) in [7, 11) is 0. The number of benzene rings is 1. The molecule has 3 nitrogen and oxygen atoms in total. The lowest BCUT2D eigenvalue weighted by Crippen LogP contribution is -2.39. The summed E-state index contributed by atoms with van der Waals surface area (Å²) in [4.78, 5) is 0. The number of nitrogens with one attached hydrogen (secondary N) is 1. The van der Waals surface area contributed by atoms with Crippen LogP contribution in [0.4, 0.5) is 4.39 Å². The number of rotatable bonds is 4. The van der Waals surface area contributed by atoms with Gasteiger partial charge in [-0.2, -0.15) is 0 Å². The Labute approximate surface area is 94.2 Å². The lowest BCUT2D eigenvalue weighted by Gasteiger charge is -2.14. The van der Waals surface area contributed by atoms with Crippen molar-refractivity contribution in [2.45, 2.75) is 18.6 Å². The molecule has 1 fully saturated rings. The molecule has 0 unspecified atom stereocenters. The molecule has 4 heteroatoms. The molecule has 2 rings (SSSR count). The van der Waals surface area contributed by atoms with Crippen molar-refractivity contribution >= 4 is 0 Å². The van der Waals surface area contributed by atoms with E-state index in [4.69, 9.17) is 4.74 Å². The number of aliphatic hydroxyl groups is 1. The maximum absolute atomic E-state index is 12.6. The van der Waals surface area contributed by atoms with E-state index in [2.05, 4.69) is 5.32 Å². The number of ether oxygens (including phenoxy) is 1. The molecule has 0 radical (unpaired) electrons. The van der Waals surface area contributed by atoms with E-state index < -0.39 is 6.10 Å². The third kappa shape index (κ3) is 3.01. The molecule has 1 aromatic rings. The fourth-order valence-electron chi connectivity index (χ4n) is 1.79. The van der Waals surface area contributed by atoms with Crippen LogP contribution in [0.3, 0.4) is 0 Å². The minimum atomic E-state index is -0.409. The van der Waals surface area contributed by atoms with E-state index in [0.29, 0.717) is 13.2 Å². The molecule has 1 aliphatic heterocycles. The Morgan fingerprint density at radius 3 is 2.69 bits per heavy atom. The van der Waals surface area contributed by atoms with Gasteiger partial charge in [-0.15, -0.1) is 0 Å². The van der Waals surface area contributed by atoms with Gasteiger partial charge in [0.05, 0.1) is 25.4 Å². The Bertz CT molecular complexity index is 328. The molecule has 0 saturated carbocycles. The third-order valence-electron chi connectivity index (χ3n) is 2.78. The average Bonchev–Trinajstić information content (AvgIpc) is 2.68. The van der Waals surface area contributed by atoms with E-state index >= 15 is 0 Å². The van der Waals surface area contributed by atoms with Crippen molar-refractivity contribution in [3.63, 3.8) is 0 Å².